The Kier molecular flexibility index (Phi) is 4.20. The average molecular weight is 309 g/mol. The minimum absolute atomic E-state index is 0.0346. The molecule has 2 N–H and O–H groups in total. The Morgan fingerprint density at radius 2 is 2.12 bits per heavy atom. The van der Waals surface area contributed by atoms with Crippen LogP contribution in [0.2, 0.25) is 0 Å². The molecule has 0 amide bonds. The number of halogens is 1. The molecule has 0 fully saturated rings. The Morgan fingerprint density at radius 1 is 1.29 bits per heavy atom. The van der Waals surface area contributed by atoms with Crippen molar-refractivity contribution >= 4 is 27.7 Å². The monoisotopic (exact) mass is 308 g/mol. The summed E-state index contributed by atoms with van der Waals surface area (Å²) in [6.45, 7) is 1.96. The van der Waals surface area contributed by atoms with Gasteiger partial charge < -0.3 is 5.73 Å². The van der Waals surface area contributed by atoms with Gasteiger partial charge in [-0.2, -0.15) is 0 Å². The molecule has 4 heteroatoms. The molecule has 2 aromatic rings. The molecule has 1 heterocycles. The second-order valence-electron chi connectivity index (χ2n) is 3.78. The lowest BCUT2D eigenvalue weighted by molar-refractivity contribution is 0.806. The van der Waals surface area contributed by atoms with Crippen LogP contribution in [0.5, 0.6) is 0 Å². The largest absolute Gasteiger partial charge is 0.324 e. The van der Waals surface area contributed by atoms with Crippen LogP contribution in [-0.4, -0.2) is 4.98 Å². The zero-order valence-electron chi connectivity index (χ0n) is 9.43. The van der Waals surface area contributed by atoms with E-state index < -0.39 is 0 Å². The summed E-state index contributed by atoms with van der Waals surface area (Å²) in [5.74, 6) is 0. The number of hydrogen-bond donors (Lipinski definition) is 1. The number of rotatable bonds is 3. The summed E-state index contributed by atoms with van der Waals surface area (Å²) in [5, 5.41) is 0.979. The van der Waals surface area contributed by atoms with Gasteiger partial charge >= 0.3 is 0 Å². The lowest BCUT2D eigenvalue weighted by Gasteiger charge is -2.06. The van der Waals surface area contributed by atoms with Crippen LogP contribution in [0.25, 0.3) is 0 Å². The summed E-state index contributed by atoms with van der Waals surface area (Å²) in [6.07, 6.45) is 1.84. The average Bonchev–Trinajstić information content (AvgIpc) is 2.29. The van der Waals surface area contributed by atoms with Gasteiger partial charge in [0.25, 0.3) is 0 Å². The van der Waals surface area contributed by atoms with Gasteiger partial charge in [0.15, 0.2) is 0 Å². The first-order chi connectivity index (χ1) is 8.15. The lowest BCUT2D eigenvalue weighted by atomic mass is 10.2. The van der Waals surface area contributed by atoms with Crippen LogP contribution in [0.4, 0.5) is 0 Å². The molecule has 0 spiro atoms. The van der Waals surface area contributed by atoms with Crippen molar-refractivity contribution in [2.75, 3.05) is 0 Å². The van der Waals surface area contributed by atoms with Gasteiger partial charge in [0.1, 0.15) is 5.03 Å². The van der Waals surface area contributed by atoms with Gasteiger partial charge in [0.2, 0.25) is 0 Å². The first-order valence-electron chi connectivity index (χ1n) is 5.30. The maximum absolute atomic E-state index is 5.78. The molecular formula is C13H13BrN2S. The van der Waals surface area contributed by atoms with Crippen molar-refractivity contribution in [2.45, 2.75) is 22.9 Å². The van der Waals surface area contributed by atoms with Crippen molar-refractivity contribution in [3.05, 3.63) is 52.6 Å². The van der Waals surface area contributed by atoms with Crippen molar-refractivity contribution in [2.24, 2.45) is 5.73 Å². The highest BCUT2D eigenvalue weighted by Crippen LogP contribution is 2.28. The van der Waals surface area contributed by atoms with E-state index in [1.165, 1.54) is 4.90 Å². The van der Waals surface area contributed by atoms with E-state index in [-0.39, 0.29) is 6.04 Å². The predicted octanol–water partition coefficient (Wildman–Crippen LogP) is 4.02. The van der Waals surface area contributed by atoms with E-state index in [4.69, 9.17) is 5.73 Å². The highest BCUT2D eigenvalue weighted by Gasteiger charge is 2.02. The molecule has 1 unspecified atom stereocenters. The van der Waals surface area contributed by atoms with Crippen molar-refractivity contribution in [3.63, 3.8) is 0 Å². The summed E-state index contributed by atoms with van der Waals surface area (Å²) in [5.41, 5.74) is 6.84. The quantitative estimate of drug-likeness (QED) is 0.931. The van der Waals surface area contributed by atoms with Crippen LogP contribution < -0.4 is 5.73 Å². The van der Waals surface area contributed by atoms with Crippen LogP contribution in [0.1, 0.15) is 18.5 Å². The fourth-order valence-corrected chi connectivity index (χ4v) is 2.74. The normalized spacial score (nSPS) is 12.4. The molecular weight excluding hydrogens is 296 g/mol. The van der Waals surface area contributed by atoms with Crippen molar-refractivity contribution < 1.29 is 0 Å². The van der Waals surface area contributed by atoms with Crippen LogP contribution in [0, 0.1) is 0 Å². The maximum Gasteiger partial charge on any atom is 0.101 e. The number of benzene rings is 1. The molecule has 0 aliphatic heterocycles. The molecule has 0 radical (unpaired) electrons. The van der Waals surface area contributed by atoms with Gasteiger partial charge in [-0.25, -0.2) is 4.98 Å². The summed E-state index contributed by atoms with van der Waals surface area (Å²) >= 11 is 5.10. The predicted molar refractivity (Wildman–Crippen MR) is 75.1 cm³/mol. The number of hydrogen-bond acceptors (Lipinski definition) is 3. The zero-order chi connectivity index (χ0) is 12.3. The van der Waals surface area contributed by atoms with E-state index in [1.807, 2.05) is 37.4 Å². The van der Waals surface area contributed by atoms with Gasteiger partial charge in [0.05, 0.1) is 0 Å². The summed E-state index contributed by atoms with van der Waals surface area (Å²) in [4.78, 5) is 5.56. The van der Waals surface area contributed by atoms with Gasteiger partial charge in [-0.1, -0.05) is 39.8 Å². The molecule has 0 saturated heterocycles. The van der Waals surface area contributed by atoms with Crippen molar-refractivity contribution in [1.82, 2.24) is 4.98 Å². The van der Waals surface area contributed by atoms with Gasteiger partial charge in [-0.05, 0) is 36.8 Å². The standard InChI is InChI=1S/C13H13BrN2S/c1-9(15)10-5-6-13(16-8-10)17-12-4-2-3-11(14)7-12/h2-9H,15H2,1H3. The Hall–Kier alpha value is -0.840. The molecule has 1 aromatic carbocycles. The van der Waals surface area contributed by atoms with E-state index in [9.17, 15) is 0 Å². The fourth-order valence-electron chi connectivity index (χ4n) is 1.37. The highest BCUT2D eigenvalue weighted by atomic mass is 79.9. The van der Waals surface area contributed by atoms with Gasteiger partial charge in [-0.3, -0.25) is 0 Å². The number of pyridine rings is 1. The molecule has 1 aromatic heterocycles. The highest BCUT2D eigenvalue weighted by molar-refractivity contribution is 9.10. The zero-order valence-corrected chi connectivity index (χ0v) is 11.8. The Labute approximate surface area is 114 Å². The minimum Gasteiger partial charge on any atom is -0.324 e. The SMILES string of the molecule is CC(N)c1ccc(Sc2cccc(Br)c2)nc1. The van der Waals surface area contributed by atoms with E-state index >= 15 is 0 Å². The second kappa shape index (κ2) is 5.67. The Morgan fingerprint density at radius 3 is 2.71 bits per heavy atom. The smallest absolute Gasteiger partial charge is 0.101 e. The molecule has 0 bridgehead atoms. The van der Waals surface area contributed by atoms with E-state index in [0.29, 0.717) is 0 Å². The van der Waals surface area contributed by atoms with E-state index in [2.05, 4.69) is 33.0 Å². The fraction of sp³-hybridized carbons (Fsp3) is 0.154. The number of aromatic nitrogens is 1. The molecule has 0 aliphatic rings. The Bertz CT molecular complexity index is 497. The Balaban J connectivity index is 2.14. The third kappa shape index (κ3) is 3.56. The first-order valence-corrected chi connectivity index (χ1v) is 6.91. The summed E-state index contributed by atoms with van der Waals surface area (Å²) in [6, 6.07) is 12.2. The maximum atomic E-state index is 5.78. The van der Waals surface area contributed by atoms with Crippen molar-refractivity contribution in [1.29, 1.82) is 0 Å². The molecule has 0 saturated carbocycles. The second-order valence-corrected chi connectivity index (χ2v) is 5.79. The molecule has 1 atom stereocenters. The molecule has 2 nitrogen and oxygen atoms in total. The van der Waals surface area contributed by atoms with Crippen LogP contribution in [0.3, 0.4) is 0 Å². The molecule has 17 heavy (non-hydrogen) atoms. The van der Waals surface area contributed by atoms with Gasteiger partial charge in [-0.15, -0.1) is 0 Å². The van der Waals surface area contributed by atoms with Crippen LogP contribution in [-0.2, 0) is 0 Å². The van der Waals surface area contributed by atoms with E-state index in [0.717, 1.165) is 15.1 Å². The lowest BCUT2D eigenvalue weighted by Crippen LogP contribution is -2.04. The third-order valence-corrected chi connectivity index (χ3v) is 3.74. The summed E-state index contributed by atoms with van der Waals surface area (Å²) in [7, 11) is 0. The van der Waals surface area contributed by atoms with Crippen LogP contribution in [0.15, 0.2) is 57.0 Å². The van der Waals surface area contributed by atoms with E-state index in [1.54, 1.807) is 11.8 Å². The number of nitrogens with two attached hydrogens (primary N) is 1. The third-order valence-electron chi connectivity index (χ3n) is 2.30. The van der Waals surface area contributed by atoms with Gasteiger partial charge in [0, 0.05) is 21.6 Å². The minimum atomic E-state index is 0.0346. The van der Waals surface area contributed by atoms with Crippen LogP contribution >= 0.6 is 27.7 Å². The first kappa shape index (κ1) is 12.6. The topological polar surface area (TPSA) is 38.9 Å². The molecule has 0 aliphatic carbocycles. The molecule has 2 rings (SSSR count). The number of nitrogens with zero attached hydrogens (tertiary/aromatic N) is 1. The summed E-state index contributed by atoms with van der Waals surface area (Å²) < 4.78 is 1.08. The molecule has 88 valence electrons. The van der Waals surface area contributed by atoms with Crippen molar-refractivity contribution in [3.8, 4) is 0 Å².